The van der Waals surface area contributed by atoms with Crippen LogP contribution in [0.2, 0.25) is 0 Å². The first kappa shape index (κ1) is 17.4. The molecule has 0 unspecified atom stereocenters. The van der Waals surface area contributed by atoms with E-state index < -0.39 is 15.6 Å². The zero-order chi connectivity index (χ0) is 15.8. The number of nitrogens with zero attached hydrogens (tertiary/aromatic N) is 1. The molecule has 1 saturated carbocycles. The molecule has 0 saturated heterocycles. The highest BCUT2D eigenvalue weighted by molar-refractivity contribution is 9.11. The van der Waals surface area contributed by atoms with Crippen molar-refractivity contribution in [3.05, 3.63) is 14.7 Å². The predicted molar refractivity (Wildman–Crippen MR) is 91.2 cm³/mol. The Hall–Kier alpha value is 0.0500. The summed E-state index contributed by atoms with van der Waals surface area (Å²) in [7, 11) is -1.81. The van der Waals surface area contributed by atoms with E-state index in [2.05, 4.69) is 21.2 Å². The SMILES string of the molecule is CCC(C)(C)N(C)S(=O)(=O)c1cc(CNC2CC2)sc1Br. The minimum absolute atomic E-state index is 0.379. The number of hydrogen-bond donors (Lipinski definition) is 1. The van der Waals surface area contributed by atoms with Gasteiger partial charge in [-0.1, -0.05) is 6.92 Å². The van der Waals surface area contributed by atoms with Gasteiger partial charge in [-0.15, -0.1) is 11.3 Å². The molecule has 1 heterocycles. The monoisotopic (exact) mass is 394 g/mol. The quantitative estimate of drug-likeness (QED) is 0.768. The van der Waals surface area contributed by atoms with Crippen molar-refractivity contribution in [3.8, 4) is 0 Å². The molecule has 0 aromatic carbocycles. The van der Waals surface area contributed by atoms with Crippen molar-refractivity contribution in [2.24, 2.45) is 0 Å². The van der Waals surface area contributed by atoms with Crippen molar-refractivity contribution in [1.29, 1.82) is 0 Å². The molecule has 0 atom stereocenters. The van der Waals surface area contributed by atoms with E-state index in [0.717, 1.165) is 17.8 Å². The van der Waals surface area contributed by atoms with Crippen molar-refractivity contribution in [2.45, 2.75) is 63.1 Å². The highest BCUT2D eigenvalue weighted by Gasteiger charge is 2.34. The fraction of sp³-hybridized carbons (Fsp3) is 0.714. The average molecular weight is 395 g/mol. The third-order valence-electron chi connectivity index (χ3n) is 4.20. The third kappa shape index (κ3) is 3.88. The maximum atomic E-state index is 12.8. The number of hydrogen-bond acceptors (Lipinski definition) is 4. The molecule has 1 aliphatic rings. The van der Waals surface area contributed by atoms with Crippen LogP contribution in [0.5, 0.6) is 0 Å². The summed E-state index contributed by atoms with van der Waals surface area (Å²) < 4.78 is 27.8. The van der Waals surface area contributed by atoms with Crippen LogP contribution < -0.4 is 5.32 Å². The van der Waals surface area contributed by atoms with E-state index in [1.54, 1.807) is 13.1 Å². The molecule has 0 aliphatic heterocycles. The number of sulfonamides is 1. The van der Waals surface area contributed by atoms with Crippen molar-refractivity contribution >= 4 is 37.3 Å². The van der Waals surface area contributed by atoms with Crippen LogP contribution >= 0.6 is 27.3 Å². The van der Waals surface area contributed by atoms with Crippen LogP contribution in [0.1, 0.15) is 44.9 Å². The van der Waals surface area contributed by atoms with Gasteiger partial charge in [-0.2, -0.15) is 4.31 Å². The van der Waals surface area contributed by atoms with Crippen molar-refractivity contribution in [3.63, 3.8) is 0 Å². The molecule has 1 fully saturated rings. The molecule has 1 N–H and O–H groups in total. The largest absolute Gasteiger partial charge is 0.309 e. The molecule has 120 valence electrons. The molecule has 7 heteroatoms. The summed E-state index contributed by atoms with van der Waals surface area (Å²) in [6, 6.07) is 2.41. The second-order valence-electron chi connectivity index (χ2n) is 6.14. The Labute approximate surface area is 140 Å². The Kier molecular flexibility index (Phi) is 5.20. The van der Waals surface area contributed by atoms with Crippen LogP contribution in [0.4, 0.5) is 0 Å². The lowest BCUT2D eigenvalue weighted by Gasteiger charge is -2.33. The van der Waals surface area contributed by atoms with Gasteiger partial charge >= 0.3 is 0 Å². The normalized spacial score (nSPS) is 16.7. The highest BCUT2D eigenvalue weighted by atomic mass is 79.9. The summed E-state index contributed by atoms with van der Waals surface area (Å²) in [4.78, 5) is 1.43. The van der Waals surface area contributed by atoms with Gasteiger partial charge in [0, 0.05) is 30.1 Å². The topological polar surface area (TPSA) is 49.4 Å². The first-order valence-corrected chi connectivity index (χ1v) is 10.2. The maximum absolute atomic E-state index is 12.8. The molecule has 1 aromatic rings. The van der Waals surface area contributed by atoms with E-state index >= 15 is 0 Å². The molecule has 21 heavy (non-hydrogen) atoms. The lowest BCUT2D eigenvalue weighted by molar-refractivity contribution is 0.257. The van der Waals surface area contributed by atoms with Gasteiger partial charge < -0.3 is 5.32 Å². The van der Waals surface area contributed by atoms with Crippen molar-refractivity contribution in [2.75, 3.05) is 7.05 Å². The fourth-order valence-corrected chi connectivity index (χ4v) is 6.05. The minimum Gasteiger partial charge on any atom is -0.309 e. The second kappa shape index (κ2) is 6.28. The van der Waals surface area contributed by atoms with Crippen LogP contribution in [-0.4, -0.2) is 31.4 Å². The van der Waals surface area contributed by atoms with E-state index in [4.69, 9.17) is 0 Å². The summed E-state index contributed by atoms with van der Waals surface area (Å²) in [6.45, 7) is 6.63. The van der Waals surface area contributed by atoms with Gasteiger partial charge in [0.1, 0.15) is 4.90 Å². The number of thiophene rings is 1. The van der Waals surface area contributed by atoms with Crippen LogP contribution in [0.3, 0.4) is 0 Å². The molecule has 1 aliphatic carbocycles. The van der Waals surface area contributed by atoms with Gasteiger partial charge in [0.15, 0.2) is 0 Å². The molecule has 0 radical (unpaired) electrons. The Morgan fingerprint density at radius 2 is 2.10 bits per heavy atom. The number of rotatable bonds is 7. The molecular formula is C14H23BrN2O2S2. The van der Waals surface area contributed by atoms with E-state index in [0.29, 0.717) is 14.7 Å². The zero-order valence-corrected chi connectivity index (χ0v) is 16.2. The van der Waals surface area contributed by atoms with Gasteiger partial charge in [-0.05, 0) is 55.1 Å². The van der Waals surface area contributed by atoms with E-state index in [9.17, 15) is 8.42 Å². The van der Waals surface area contributed by atoms with E-state index in [1.165, 1.54) is 28.5 Å². The molecule has 0 bridgehead atoms. The van der Waals surface area contributed by atoms with Gasteiger partial charge in [-0.25, -0.2) is 8.42 Å². The smallest absolute Gasteiger partial charge is 0.245 e. The maximum Gasteiger partial charge on any atom is 0.245 e. The highest BCUT2D eigenvalue weighted by Crippen LogP contribution is 2.36. The lowest BCUT2D eigenvalue weighted by atomic mass is 10.0. The Morgan fingerprint density at radius 3 is 2.62 bits per heavy atom. The van der Waals surface area contributed by atoms with Crippen molar-refractivity contribution in [1.82, 2.24) is 9.62 Å². The molecule has 4 nitrogen and oxygen atoms in total. The molecule has 1 aromatic heterocycles. The minimum atomic E-state index is -3.47. The second-order valence-corrected chi connectivity index (χ2v) is 10.5. The first-order chi connectivity index (χ1) is 9.68. The average Bonchev–Trinajstić information content (AvgIpc) is 3.17. The van der Waals surface area contributed by atoms with Crippen LogP contribution in [0.25, 0.3) is 0 Å². The summed E-state index contributed by atoms with van der Waals surface area (Å²) in [5.74, 6) is 0. The Bertz CT molecular complexity index is 606. The van der Waals surface area contributed by atoms with Gasteiger partial charge in [0.2, 0.25) is 10.0 Å². The summed E-state index contributed by atoms with van der Waals surface area (Å²) in [5.41, 5.74) is -0.396. The van der Waals surface area contributed by atoms with Crippen molar-refractivity contribution < 1.29 is 8.42 Å². The molecule has 0 amide bonds. The fourth-order valence-electron chi connectivity index (χ4n) is 1.89. The van der Waals surface area contributed by atoms with Gasteiger partial charge in [0.25, 0.3) is 0 Å². The van der Waals surface area contributed by atoms with Crippen LogP contribution in [-0.2, 0) is 16.6 Å². The Balaban J connectivity index is 2.22. The van der Waals surface area contributed by atoms with E-state index in [-0.39, 0.29) is 0 Å². The third-order valence-corrected chi connectivity index (χ3v) is 8.53. The van der Waals surface area contributed by atoms with Gasteiger partial charge in [-0.3, -0.25) is 0 Å². The summed E-state index contributed by atoms with van der Waals surface area (Å²) in [5, 5.41) is 3.42. The Morgan fingerprint density at radius 1 is 1.48 bits per heavy atom. The number of nitrogens with one attached hydrogen (secondary N) is 1. The summed E-state index contributed by atoms with van der Waals surface area (Å²) >= 11 is 4.91. The first-order valence-electron chi connectivity index (χ1n) is 7.19. The van der Waals surface area contributed by atoms with Gasteiger partial charge in [0.05, 0.1) is 3.79 Å². The standard InChI is InChI=1S/C14H23BrN2O2S2/c1-5-14(2,3)17(4)21(18,19)12-8-11(20-13(12)15)9-16-10-6-7-10/h8,10,16H,5-7,9H2,1-4H3. The lowest BCUT2D eigenvalue weighted by Crippen LogP contribution is -2.44. The molecular weight excluding hydrogens is 372 g/mol. The van der Waals surface area contributed by atoms with Crippen LogP contribution in [0, 0.1) is 0 Å². The summed E-state index contributed by atoms with van der Waals surface area (Å²) in [6.07, 6.45) is 3.22. The van der Waals surface area contributed by atoms with E-state index in [1.807, 2.05) is 20.8 Å². The molecule has 2 rings (SSSR count). The number of halogens is 1. The zero-order valence-electron chi connectivity index (χ0n) is 12.9. The molecule has 0 spiro atoms. The van der Waals surface area contributed by atoms with Crippen LogP contribution in [0.15, 0.2) is 14.7 Å². The predicted octanol–water partition coefficient (Wildman–Crippen LogP) is 3.57.